The fraction of sp³-hybridized carbons (Fsp3) is 0.233. The zero-order valence-corrected chi connectivity index (χ0v) is 21.6. The van der Waals surface area contributed by atoms with Gasteiger partial charge in [0.05, 0.1) is 5.56 Å². The highest BCUT2D eigenvalue weighted by atomic mass is 16.3. The molecule has 194 valence electrons. The third kappa shape index (κ3) is 4.72. The molecule has 1 saturated heterocycles. The number of carbonyl (C=O) groups is 3. The van der Waals surface area contributed by atoms with Gasteiger partial charge in [-0.1, -0.05) is 42.0 Å². The van der Waals surface area contributed by atoms with Crippen LogP contribution in [-0.2, 0) is 4.79 Å². The van der Waals surface area contributed by atoms with Gasteiger partial charge in [-0.05, 0) is 44.0 Å². The summed E-state index contributed by atoms with van der Waals surface area (Å²) < 4.78 is 6.27. The number of aryl methyl sites for hydroxylation is 1. The van der Waals surface area contributed by atoms with Gasteiger partial charge in [0.25, 0.3) is 11.8 Å². The molecule has 4 aromatic rings. The van der Waals surface area contributed by atoms with Crippen molar-refractivity contribution < 1.29 is 18.8 Å². The summed E-state index contributed by atoms with van der Waals surface area (Å²) in [5.41, 5.74) is 5.86. The van der Waals surface area contributed by atoms with E-state index in [1.807, 2.05) is 62.4 Å². The normalized spacial score (nSPS) is 14.8. The van der Waals surface area contributed by atoms with Gasteiger partial charge in [-0.25, -0.2) is 0 Å². The fourth-order valence-electron chi connectivity index (χ4n) is 4.78. The molecule has 1 aromatic heterocycles. The molecule has 3 aromatic carbocycles. The lowest BCUT2D eigenvalue weighted by molar-refractivity contribution is -0.120. The molecule has 0 saturated carbocycles. The van der Waals surface area contributed by atoms with Crippen LogP contribution in [0.4, 0.5) is 5.69 Å². The molecule has 0 spiro atoms. The molecular weight excluding hydrogens is 480 g/mol. The standard InChI is InChI=1S/C30H30N4O4/c1-4-32-24-16-25-22(26(30(37)31-3)27(38-25)18-10-8-17(2)9-11-18)15-21(24)19-6-5-7-20(14-19)28(35)34-23-12-13-33-29(23)36/h5-11,14-16,23,32H,4,12-13H2,1-3H3,(H,31,37)(H,33,36)(H,34,35). The zero-order valence-electron chi connectivity index (χ0n) is 21.6. The zero-order chi connectivity index (χ0) is 26.8. The van der Waals surface area contributed by atoms with Crippen molar-refractivity contribution in [2.45, 2.75) is 26.3 Å². The molecule has 8 nitrogen and oxygen atoms in total. The topological polar surface area (TPSA) is 112 Å². The highest BCUT2D eigenvalue weighted by molar-refractivity contribution is 6.13. The SMILES string of the molecule is CCNc1cc2oc(-c3ccc(C)cc3)c(C(=O)NC)c2cc1-c1cccc(C(=O)NC2CCNC2=O)c1. The number of furan rings is 1. The fourth-order valence-corrected chi connectivity index (χ4v) is 4.78. The lowest BCUT2D eigenvalue weighted by Gasteiger charge is -2.14. The van der Waals surface area contributed by atoms with E-state index in [1.54, 1.807) is 19.2 Å². The Hall–Kier alpha value is -4.59. The van der Waals surface area contributed by atoms with Crippen molar-refractivity contribution in [3.63, 3.8) is 0 Å². The summed E-state index contributed by atoms with van der Waals surface area (Å²) in [7, 11) is 1.60. The minimum absolute atomic E-state index is 0.166. The molecule has 1 aliphatic heterocycles. The molecule has 8 heteroatoms. The minimum Gasteiger partial charge on any atom is -0.455 e. The number of fused-ring (bicyclic) bond motifs is 1. The van der Waals surface area contributed by atoms with Crippen molar-refractivity contribution in [2.24, 2.45) is 0 Å². The summed E-state index contributed by atoms with van der Waals surface area (Å²) in [4.78, 5) is 37.9. The van der Waals surface area contributed by atoms with Crippen molar-refractivity contribution in [1.82, 2.24) is 16.0 Å². The Bertz CT molecular complexity index is 1540. The van der Waals surface area contributed by atoms with E-state index < -0.39 is 6.04 Å². The lowest BCUT2D eigenvalue weighted by atomic mass is 9.97. The second kappa shape index (κ2) is 10.4. The van der Waals surface area contributed by atoms with Crippen molar-refractivity contribution in [3.8, 4) is 22.5 Å². The number of benzene rings is 3. The van der Waals surface area contributed by atoms with Crippen LogP contribution in [0, 0.1) is 6.92 Å². The first-order valence-electron chi connectivity index (χ1n) is 12.7. The Labute approximate surface area is 220 Å². The Morgan fingerprint density at radius 1 is 1.03 bits per heavy atom. The van der Waals surface area contributed by atoms with E-state index in [0.29, 0.717) is 47.4 Å². The van der Waals surface area contributed by atoms with E-state index in [4.69, 9.17) is 4.42 Å². The van der Waals surface area contributed by atoms with Crippen LogP contribution in [0.2, 0.25) is 0 Å². The van der Waals surface area contributed by atoms with Crippen LogP contribution >= 0.6 is 0 Å². The summed E-state index contributed by atoms with van der Waals surface area (Å²) >= 11 is 0. The first-order valence-corrected chi connectivity index (χ1v) is 12.7. The van der Waals surface area contributed by atoms with Crippen molar-refractivity contribution in [2.75, 3.05) is 25.5 Å². The van der Waals surface area contributed by atoms with E-state index in [-0.39, 0.29) is 17.7 Å². The molecule has 0 bridgehead atoms. The molecule has 38 heavy (non-hydrogen) atoms. The third-order valence-corrected chi connectivity index (χ3v) is 6.75. The maximum Gasteiger partial charge on any atom is 0.255 e. The maximum atomic E-state index is 13.1. The Morgan fingerprint density at radius 3 is 2.50 bits per heavy atom. The second-order valence-electron chi connectivity index (χ2n) is 9.36. The van der Waals surface area contributed by atoms with Crippen LogP contribution in [0.1, 0.15) is 39.6 Å². The largest absolute Gasteiger partial charge is 0.455 e. The number of hydrogen-bond acceptors (Lipinski definition) is 5. The molecule has 0 radical (unpaired) electrons. The predicted octanol–water partition coefficient (Wildman–Crippen LogP) is 4.48. The molecule has 3 amide bonds. The monoisotopic (exact) mass is 510 g/mol. The number of amides is 3. The summed E-state index contributed by atoms with van der Waals surface area (Å²) in [6, 6.07) is 18.4. The van der Waals surface area contributed by atoms with Crippen LogP contribution in [0.25, 0.3) is 33.4 Å². The summed E-state index contributed by atoms with van der Waals surface area (Å²) in [5, 5.41) is 12.4. The molecular formula is C30H30N4O4. The summed E-state index contributed by atoms with van der Waals surface area (Å²) in [6.07, 6.45) is 0.567. The number of hydrogen-bond donors (Lipinski definition) is 4. The van der Waals surface area contributed by atoms with E-state index in [0.717, 1.165) is 27.9 Å². The number of nitrogens with one attached hydrogen (secondary N) is 4. The molecule has 1 atom stereocenters. The summed E-state index contributed by atoms with van der Waals surface area (Å²) in [5.74, 6) is -0.220. The molecule has 1 fully saturated rings. The van der Waals surface area contributed by atoms with Crippen LogP contribution in [0.3, 0.4) is 0 Å². The number of rotatable bonds is 7. The van der Waals surface area contributed by atoms with Crippen molar-refractivity contribution in [1.29, 1.82) is 0 Å². The lowest BCUT2D eigenvalue weighted by Crippen LogP contribution is -2.40. The van der Waals surface area contributed by atoms with Gasteiger partial charge in [-0.15, -0.1) is 0 Å². The molecule has 1 aliphatic rings. The summed E-state index contributed by atoms with van der Waals surface area (Å²) in [6.45, 7) is 5.23. The van der Waals surface area contributed by atoms with Gasteiger partial charge in [-0.2, -0.15) is 0 Å². The van der Waals surface area contributed by atoms with Crippen LogP contribution in [0.5, 0.6) is 0 Å². The van der Waals surface area contributed by atoms with E-state index in [9.17, 15) is 14.4 Å². The second-order valence-corrected chi connectivity index (χ2v) is 9.36. The highest BCUT2D eigenvalue weighted by Gasteiger charge is 2.27. The third-order valence-electron chi connectivity index (χ3n) is 6.75. The number of anilines is 1. The van der Waals surface area contributed by atoms with Gasteiger partial charge >= 0.3 is 0 Å². The van der Waals surface area contributed by atoms with Crippen molar-refractivity contribution >= 4 is 34.4 Å². The van der Waals surface area contributed by atoms with Gasteiger partial charge in [0.15, 0.2) is 0 Å². The van der Waals surface area contributed by atoms with Crippen LogP contribution in [0.15, 0.2) is 65.1 Å². The molecule has 4 N–H and O–H groups in total. The van der Waals surface area contributed by atoms with E-state index in [1.165, 1.54) is 0 Å². The molecule has 0 aliphatic carbocycles. The average Bonchev–Trinajstić information content (AvgIpc) is 3.51. The highest BCUT2D eigenvalue weighted by Crippen LogP contribution is 2.40. The Balaban J connectivity index is 1.62. The van der Waals surface area contributed by atoms with Crippen LogP contribution < -0.4 is 21.3 Å². The van der Waals surface area contributed by atoms with E-state index >= 15 is 0 Å². The van der Waals surface area contributed by atoms with Gasteiger partial charge in [0.1, 0.15) is 17.4 Å². The van der Waals surface area contributed by atoms with E-state index in [2.05, 4.69) is 21.3 Å². The predicted molar refractivity (Wildman–Crippen MR) is 148 cm³/mol. The molecule has 1 unspecified atom stereocenters. The van der Waals surface area contributed by atoms with Crippen molar-refractivity contribution in [3.05, 3.63) is 77.4 Å². The number of carbonyl (C=O) groups excluding carboxylic acids is 3. The van der Waals surface area contributed by atoms with Crippen LogP contribution in [-0.4, -0.2) is 43.9 Å². The van der Waals surface area contributed by atoms with Gasteiger partial charge < -0.3 is 25.7 Å². The first-order chi connectivity index (χ1) is 18.4. The first kappa shape index (κ1) is 25.1. The quantitative estimate of drug-likeness (QED) is 0.293. The smallest absolute Gasteiger partial charge is 0.255 e. The minimum atomic E-state index is -0.527. The Morgan fingerprint density at radius 2 is 1.82 bits per heavy atom. The Kier molecular flexibility index (Phi) is 6.87. The van der Waals surface area contributed by atoms with Gasteiger partial charge in [0.2, 0.25) is 5.91 Å². The molecule has 5 rings (SSSR count). The molecule has 2 heterocycles. The van der Waals surface area contributed by atoms with Gasteiger partial charge in [-0.3, -0.25) is 14.4 Å². The maximum absolute atomic E-state index is 13.1. The average molecular weight is 511 g/mol. The van der Waals surface area contributed by atoms with Gasteiger partial charge in [0, 0.05) is 54.0 Å².